The molecule has 3 aromatic rings. The van der Waals surface area contributed by atoms with Crippen molar-refractivity contribution in [1.82, 2.24) is 4.98 Å². The predicted molar refractivity (Wildman–Crippen MR) is 101 cm³/mol. The highest BCUT2D eigenvalue weighted by molar-refractivity contribution is 6.30. The molecule has 2 aromatic carbocycles. The fourth-order valence-corrected chi connectivity index (χ4v) is 2.59. The topological polar surface area (TPSA) is 51.2 Å². The summed E-state index contributed by atoms with van der Waals surface area (Å²) >= 11 is 5.88. The standard InChI is InChI=1S/C20H19ClN2O2/c1-13-7-8-14-5-4-6-17(18(14)22-13)23-19(24)20(2,3)25-16-11-9-15(21)10-12-16/h4-12H,1-3H3,(H,23,24). The lowest BCUT2D eigenvalue weighted by atomic mass is 10.1. The lowest BCUT2D eigenvalue weighted by Gasteiger charge is -2.25. The lowest BCUT2D eigenvalue weighted by molar-refractivity contribution is -0.128. The van der Waals surface area contributed by atoms with Gasteiger partial charge in [-0.05, 0) is 57.2 Å². The van der Waals surface area contributed by atoms with Crippen LogP contribution in [0.4, 0.5) is 5.69 Å². The number of pyridine rings is 1. The van der Waals surface area contributed by atoms with Crippen LogP contribution in [0.3, 0.4) is 0 Å². The zero-order valence-corrected chi connectivity index (χ0v) is 15.1. The van der Waals surface area contributed by atoms with Gasteiger partial charge in [0.1, 0.15) is 5.75 Å². The van der Waals surface area contributed by atoms with Crippen molar-refractivity contribution >= 4 is 34.1 Å². The van der Waals surface area contributed by atoms with Gasteiger partial charge in [-0.15, -0.1) is 0 Å². The number of hydrogen-bond acceptors (Lipinski definition) is 3. The molecular formula is C20H19ClN2O2. The minimum absolute atomic E-state index is 0.252. The number of fused-ring (bicyclic) bond motifs is 1. The van der Waals surface area contributed by atoms with E-state index >= 15 is 0 Å². The molecule has 1 amide bonds. The van der Waals surface area contributed by atoms with Crippen LogP contribution in [0.5, 0.6) is 5.75 Å². The SMILES string of the molecule is Cc1ccc2cccc(NC(=O)C(C)(C)Oc3ccc(Cl)cc3)c2n1. The molecule has 3 rings (SSSR count). The Morgan fingerprint density at radius 2 is 1.80 bits per heavy atom. The van der Waals surface area contributed by atoms with E-state index in [1.54, 1.807) is 38.1 Å². The number of aromatic nitrogens is 1. The third-order valence-electron chi connectivity index (χ3n) is 3.84. The van der Waals surface area contributed by atoms with Crippen LogP contribution in [-0.2, 0) is 4.79 Å². The molecule has 1 heterocycles. The Bertz CT molecular complexity index is 921. The summed E-state index contributed by atoms with van der Waals surface area (Å²) in [7, 11) is 0. The molecule has 1 N–H and O–H groups in total. The average Bonchev–Trinajstić information content (AvgIpc) is 2.57. The number of carbonyl (C=O) groups excluding carboxylic acids is 1. The number of amides is 1. The van der Waals surface area contributed by atoms with Crippen LogP contribution >= 0.6 is 11.6 Å². The number of nitrogens with one attached hydrogen (secondary N) is 1. The zero-order chi connectivity index (χ0) is 18.0. The fourth-order valence-electron chi connectivity index (χ4n) is 2.46. The Morgan fingerprint density at radius 3 is 2.52 bits per heavy atom. The van der Waals surface area contributed by atoms with Gasteiger partial charge in [-0.2, -0.15) is 0 Å². The van der Waals surface area contributed by atoms with E-state index in [-0.39, 0.29) is 5.91 Å². The first-order chi connectivity index (χ1) is 11.8. The molecular weight excluding hydrogens is 336 g/mol. The van der Waals surface area contributed by atoms with E-state index in [1.807, 2.05) is 37.3 Å². The van der Waals surface area contributed by atoms with E-state index in [1.165, 1.54) is 0 Å². The molecule has 0 aliphatic carbocycles. The summed E-state index contributed by atoms with van der Waals surface area (Å²) in [6, 6.07) is 16.6. The van der Waals surface area contributed by atoms with Gasteiger partial charge in [-0.1, -0.05) is 29.8 Å². The summed E-state index contributed by atoms with van der Waals surface area (Å²) in [5.74, 6) is 0.328. The maximum absolute atomic E-state index is 12.7. The van der Waals surface area contributed by atoms with E-state index in [0.717, 1.165) is 16.6 Å². The zero-order valence-electron chi connectivity index (χ0n) is 14.3. The second kappa shape index (κ2) is 6.73. The summed E-state index contributed by atoms with van der Waals surface area (Å²) in [5.41, 5.74) is 1.27. The minimum Gasteiger partial charge on any atom is -0.478 e. The number of aryl methyl sites for hydroxylation is 1. The molecule has 0 bridgehead atoms. The fraction of sp³-hybridized carbons (Fsp3) is 0.200. The molecule has 25 heavy (non-hydrogen) atoms. The van der Waals surface area contributed by atoms with Crippen molar-refractivity contribution in [2.45, 2.75) is 26.4 Å². The normalized spacial score (nSPS) is 11.4. The van der Waals surface area contributed by atoms with Crippen molar-refractivity contribution in [3.63, 3.8) is 0 Å². The van der Waals surface area contributed by atoms with Crippen molar-refractivity contribution in [2.24, 2.45) is 0 Å². The summed E-state index contributed by atoms with van der Waals surface area (Å²) < 4.78 is 5.84. The van der Waals surface area contributed by atoms with Gasteiger partial charge in [0.25, 0.3) is 5.91 Å². The van der Waals surface area contributed by atoms with E-state index in [2.05, 4.69) is 10.3 Å². The number of halogens is 1. The quantitative estimate of drug-likeness (QED) is 0.717. The van der Waals surface area contributed by atoms with Crippen LogP contribution in [0, 0.1) is 6.92 Å². The Balaban J connectivity index is 1.83. The highest BCUT2D eigenvalue weighted by atomic mass is 35.5. The third-order valence-corrected chi connectivity index (χ3v) is 4.09. The van der Waals surface area contributed by atoms with Gasteiger partial charge >= 0.3 is 0 Å². The molecule has 0 spiro atoms. The van der Waals surface area contributed by atoms with Gasteiger partial charge in [0.05, 0.1) is 11.2 Å². The first kappa shape index (κ1) is 17.2. The highest BCUT2D eigenvalue weighted by Gasteiger charge is 2.30. The number of benzene rings is 2. The molecule has 0 saturated heterocycles. The number of ether oxygens (including phenoxy) is 1. The Hall–Kier alpha value is -2.59. The van der Waals surface area contributed by atoms with Gasteiger partial charge < -0.3 is 10.1 Å². The second-order valence-electron chi connectivity index (χ2n) is 6.35. The first-order valence-corrected chi connectivity index (χ1v) is 8.35. The van der Waals surface area contributed by atoms with E-state index in [9.17, 15) is 4.79 Å². The summed E-state index contributed by atoms with van der Waals surface area (Å²) in [6.07, 6.45) is 0. The van der Waals surface area contributed by atoms with Crippen LogP contribution in [0.15, 0.2) is 54.6 Å². The van der Waals surface area contributed by atoms with Gasteiger partial charge in [0, 0.05) is 16.1 Å². The third kappa shape index (κ3) is 3.91. The summed E-state index contributed by atoms with van der Waals surface area (Å²) in [5, 5.41) is 4.52. The second-order valence-corrected chi connectivity index (χ2v) is 6.79. The van der Waals surface area contributed by atoms with Crippen LogP contribution in [-0.4, -0.2) is 16.5 Å². The van der Waals surface area contributed by atoms with Gasteiger partial charge in [-0.3, -0.25) is 9.78 Å². The van der Waals surface area contributed by atoms with E-state index in [4.69, 9.17) is 16.3 Å². The summed E-state index contributed by atoms with van der Waals surface area (Å²) in [6.45, 7) is 5.37. The van der Waals surface area contributed by atoms with Crippen molar-refractivity contribution < 1.29 is 9.53 Å². The van der Waals surface area contributed by atoms with Crippen LogP contribution in [0.2, 0.25) is 5.02 Å². The maximum Gasteiger partial charge on any atom is 0.268 e. The molecule has 0 atom stereocenters. The van der Waals surface area contributed by atoms with Crippen LogP contribution < -0.4 is 10.1 Å². The smallest absolute Gasteiger partial charge is 0.268 e. The van der Waals surface area contributed by atoms with Crippen molar-refractivity contribution in [3.8, 4) is 5.75 Å². The van der Waals surface area contributed by atoms with Gasteiger partial charge in [-0.25, -0.2) is 0 Å². The number of carbonyl (C=O) groups is 1. The Kier molecular flexibility index (Phi) is 4.64. The molecule has 1 aromatic heterocycles. The molecule has 0 unspecified atom stereocenters. The van der Waals surface area contributed by atoms with Crippen LogP contribution in [0.1, 0.15) is 19.5 Å². The van der Waals surface area contributed by atoms with Crippen molar-refractivity contribution in [1.29, 1.82) is 0 Å². The van der Waals surface area contributed by atoms with Crippen molar-refractivity contribution in [2.75, 3.05) is 5.32 Å². The van der Waals surface area contributed by atoms with Crippen LogP contribution in [0.25, 0.3) is 10.9 Å². The number of nitrogens with zero attached hydrogens (tertiary/aromatic N) is 1. The van der Waals surface area contributed by atoms with Gasteiger partial charge in [0.2, 0.25) is 0 Å². The molecule has 128 valence electrons. The Morgan fingerprint density at radius 1 is 1.08 bits per heavy atom. The Labute approximate surface area is 151 Å². The van der Waals surface area contributed by atoms with E-state index < -0.39 is 5.60 Å². The highest BCUT2D eigenvalue weighted by Crippen LogP contribution is 2.25. The monoisotopic (exact) mass is 354 g/mol. The minimum atomic E-state index is -1.06. The van der Waals surface area contributed by atoms with E-state index in [0.29, 0.717) is 16.5 Å². The maximum atomic E-state index is 12.7. The molecule has 0 radical (unpaired) electrons. The summed E-state index contributed by atoms with van der Waals surface area (Å²) in [4.78, 5) is 17.3. The average molecular weight is 355 g/mol. The first-order valence-electron chi connectivity index (χ1n) is 7.97. The molecule has 0 saturated carbocycles. The van der Waals surface area contributed by atoms with Crippen molar-refractivity contribution in [3.05, 3.63) is 65.3 Å². The lowest BCUT2D eigenvalue weighted by Crippen LogP contribution is -2.42. The number of hydrogen-bond donors (Lipinski definition) is 1. The van der Waals surface area contributed by atoms with Gasteiger partial charge in [0.15, 0.2) is 5.60 Å². The number of anilines is 1. The number of rotatable bonds is 4. The largest absolute Gasteiger partial charge is 0.478 e. The number of para-hydroxylation sites is 1. The molecule has 0 aliphatic heterocycles. The molecule has 0 aliphatic rings. The predicted octanol–water partition coefficient (Wildman–Crippen LogP) is 4.99. The molecule has 4 nitrogen and oxygen atoms in total. The molecule has 0 fully saturated rings. The molecule has 5 heteroatoms.